The summed E-state index contributed by atoms with van der Waals surface area (Å²) in [5.74, 6) is -2.29. The van der Waals surface area contributed by atoms with E-state index in [4.69, 9.17) is 32.9 Å². The Bertz CT molecular complexity index is 1810. The van der Waals surface area contributed by atoms with Crippen molar-refractivity contribution in [2.45, 2.75) is 37.4 Å². The molecular formula is C35H39ClF3N9O2. The monoisotopic (exact) mass is 709 g/mol. The van der Waals surface area contributed by atoms with Crippen LogP contribution in [0.15, 0.2) is 48.6 Å². The summed E-state index contributed by atoms with van der Waals surface area (Å²) >= 11 is 6.69. The number of anilines is 2. The van der Waals surface area contributed by atoms with Gasteiger partial charge in [0.15, 0.2) is 0 Å². The first-order valence-electron chi connectivity index (χ1n) is 16.8. The van der Waals surface area contributed by atoms with Crippen molar-refractivity contribution >= 4 is 39.8 Å². The molecule has 11 nitrogen and oxygen atoms in total. The average Bonchev–Trinajstić information content (AvgIpc) is 3.36. The lowest BCUT2D eigenvalue weighted by Crippen LogP contribution is -2.56. The highest BCUT2D eigenvalue weighted by atomic mass is 35.5. The Hall–Kier alpha value is -4.16. The van der Waals surface area contributed by atoms with Crippen molar-refractivity contribution in [2.75, 3.05) is 82.6 Å². The summed E-state index contributed by atoms with van der Waals surface area (Å²) in [6.07, 6.45) is 3.56. The third-order valence-corrected chi connectivity index (χ3v) is 10.3. The van der Waals surface area contributed by atoms with Crippen molar-refractivity contribution in [1.29, 1.82) is 0 Å². The maximum atomic E-state index is 14.2. The highest BCUT2D eigenvalue weighted by Crippen LogP contribution is 2.38. The number of fused-ring (bicyclic) bond motifs is 2. The lowest BCUT2D eigenvalue weighted by atomic mass is 10.0. The van der Waals surface area contributed by atoms with Gasteiger partial charge in [-0.2, -0.15) is 9.97 Å². The first-order valence-corrected chi connectivity index (χ1v) is 17.2. The molecule has 4 aliphatic rings. The minimum absolute atomic E-state index is 0.0166. The van der Waals surface area contributed by atoms with E-state index in [1.807, 2.05) is 41.3 Å². The predicted octanol–water partition coefficient (Wildman–Crippen LogP) is 4.47. The molecule has 3 fully saturated rings. The fourth-order valence-electron chi connectivity index (χ4n) is 7.38. The molecule has 5 heterocycles. The number of likely N-dealkylation sites (tertiary alicyclic amines) is 1. The van der Waals surface area contributed by atoms with Crippen LogP contribution < -0.4 is 14.5 Å². The number of alkyl halides is 2. The van der Waals surface area contributed by atoms with Gasteiger partial charge in [-0.3, -0.25) is 14.6 Å². The fraction of sp³-hybridized carbons (Fsp3) is 0.486. The molecule has 50 heavy (non-hydrogen) atoms. The van der Waals surface area contributed by atoms with E-state index < -0.39 is 12.0 Å². The van der Waals surface area contributed by atoms with Crippen LogP contribution in [0.5, 0.6) is 6.01 Å². The summed E-state index contributed by atoms with van der Waals surface area (Å²) < 4.78 is 47.4. The molecule has 0 N–H and O–H groups in total. The van der Waals surface area contributed by atoms with Gasteiger partial charge in [-0.15, -0.1) is 9.60 Å². The summed E-state index contributed by atoms with van der Waals surface area (Å²) in [6, 6.07) is 11.2. The summed E-state index contributed by atoms with van der Waals surface area (Å²) in [5, 5.41) is 3.34. The summed E-state index contributed by atoms with van der Waals surface area (Å²) in [7, 11) is 1.66. The quantitative estimate of drug-likeness (QED) is 0.182. The van der Waals surface area contributed by atoms with Gasteiger partial charge in [0.1, 0.15) is 18.5 Å². The van der Waals surface area contributed by atoms with Crippen LogP contribution in [0.4, 0.5) is 24.8 Å². The van der Waals surface area contributed by atoms with Crippen LogP contribution >= 0.6 is 11.6 Å². The summed E-state index contributed by atoms with van der Waals surface area (Å²) in [6.45, 7) is 10.7. The number of ether oxygens (including phenoxy) is 1. The third kappa shape index (κ3) is 7.18. The zero-order valence-corrected chi connectivity index (χ0v) is 28.6. The van der Waals surface area contributed by atoms with Gasteiger partial charge in [0.2, 0.25) is 12.5 Å². The lowest BCUT2D eigenvalue weighted by molar-refractivity contribution is -0.153. The number of amides is 1. The van der Waals surface area contributed by atoms with Crippen LogP contribution in [0, 0.1) is 6.57 Å². The fourth-order valence-corrected chi connectivity index (χ4v) is 7.66. The number of hydrogen-bond donors (Lipinski definition) is 0. The minimum atomic E-state index is -2.78. The molecule has 7 rings (SSSR count). The predicted molar refractivity (Wildman–Crippen MR) is 185 cm³/mol. The zero-order chi connectivity index (χ0) is 35.0. The Morgan fingerprint density at radius 3 is 2.66 bits per heavy atom. The number of aromatic nitrogens is 2. The Morgan fingerprint density at radius 2 is 1.92 bits per heavy atom. The van der Waals surface area contributed by atoms with Gasteiger partial charge < -0.3 is 24.3 Å². The molecule has 0 spiro atoms. The number of carbonyl (C=O) groups excluding carboxylic acids is 1. The summed E-state index contributed by atoms with van der Waals surface area (Å²) in [5.41, 5.74) is 2.72. The number of hydrogen-bond acceptors (Lipinski definition) is 9. The van der Waals surface area contributed by atoms with Crippen molar-refractivity contribution in [3.8, 4) is 6.01 Å². The Morgan fingerprint density at radius 1 is 1.12 bits per heavy atom. The van der Waals surface area contributed by atoms with E-state index in [0.29, 0.717) is 61.7 Å². The van der Waals surface area contributed by atoms with Gasteiger partial charge in [-0.1, -0.05) is 41.9 Å². The van der Waals surface area contributed by atoms with Crippen LogP contribution in [-0.2, 0) is 17.8 Å². The van der Waals surface area contributed by atoms with Gasteiger partial charge in [-0.25, -0.2) is 15.4 Å². The number of likely N-dealkylation sites (N-methyl/N-ethyl adjacent to an activating group) is 1. The molecule has 1 aromatic heterocycles. The van der Waals surface area contributed by atoms with Crippen molar-refractivity contribution in [3.63, 3.8) is 0 Å². The van der Waals surface area contributed by atoms with E-state index in [1.165, 1.54) is 6.08 Å². The second-order valence-corrected chi connectivity index (χ2v) is 13.9. The molecule has 2 aromatic carbocycles. The Balaban J connectivity index is 1.15. The molecule has 3 saturated heterocycles. The van der Waals surface area contributed by atoms with Crippen LogP contribution in [0.25, 0.3) is 15.6 Å². The number of benzene rings is 2. The van der Waals surface area contributed by atoms with Crippen molar-refractivity contribution in [1.82, 2.24) is 29.8 Å². The van der Waals surface area contributed by atoms with Gasteiger partial charge in [0.05, 0.1) is 37.1 Å². The summed E-state index contributed by atoms with van der Waals surface area (Å²) in [4.78, 5) is 36.1. The average molecular weight is 710 g/mol. The molecule has 1 amide bonds. The molecule has 0 unspecified atom stereocenters. The number of halogens is 4. The van der Waals surface area contributed by atoms with Crippen molar-refractivity contribution in [2.24, 2.45) is 0 Å². The van der Waals surface area contributed by atoms with Gasteiger partial charge in [0.25, 0.3) is 5.92 Å². The van der Waals surface area contributed by atoms with Crippen molar-refractivity contribution < 1.29 is 22.8 Å². The molecule has 2 atom stereocenters. The SMILES string of the molecule is [C-]#[N+]C[C@H]1CN(c2nc(OC[C@@H]3CC(F)(F)CN3C)nc3c2CCN(c2cccc4cccc(Cl)c24)C3)CCN1C(=O)/C=C/CN1CN(F)C1. The topological polar surface area (TPSA) is 75.9 Å². The number of piperazine rings is 1. The van der Waals surface area contributed by atoms with Crippen molar-refractivity contribution in [3.05, 3.63) is 76.2 Å². The Labute approximate surface area is 294 Å². The zero-order valence-electron chi connectivity index (χ0n) is 27.8. The molecule has 15 heteroatoms. The number of rotatable bonds is 9. The van der Waals surface area contributed by atoms with Gasteiger partial charge in [-0.05, 0) is 31.0 Å². The second-order valence-electron chi connectivity index (χ2n) is 13.5. The Kier molecular flexibility index (Phi) is 9.76. The van der Waals surface area contributed by atoms with Crippen LogP contribution in [0.2, 0.25) is 5.02 Å². The van der Waals surface area contributed by atoms with E-state index >= 15 is 0 Å². The molecular weight excluding hydrogens is 671 g/mol. The lowest BCUT2D eigenvalue weighted by Gasteiger charge is -2.41. The van der Waals surface area contributed by atoms with E-state index in [-0.39, 0.29) is 57.4 Å². The smallest absolute Gasteiger partial charge is 0.318 e. The molecule has 0 saturated carbocycles. The molecule has 264 valence electrons. The third-order valence-electron chi connectivity index (χ3n) is 9.94. The number of carbonyl (C=O) groups is 1. The van der Waals surface area contributed by atoms with E-state index in [2.05, 4.69) is 14.6 Å². The first kappa shape index (κ1) is 34.3. The van der Waals surface area contributed by atoms with Crippen LogP contribution in [0.3, 0.4) is 0 Å². The maximum absolute atomic E-state index is 14.2. The molecule has 3 aromatic rings. The molecule has 0 aliphatic carbocycles. The maximum Gasteiger partial charge on any atom is 0.318 e. The normalized spacial score (nSPS) is 22.9. The van der Waals surface area contributed by atoms with Crippen LogP contribution in [0.1, 0.15) is 17.7 Å². The van der Waals surface area contributed by atoms with E-state index in [1.54, 1.807) is 22.9 Å². The van der Waals surface area contributed by atoms with Gasteiger partial charge in [0, 0.05) is 67.9 Å². The van der Waals surface area contributed by atoms with Crippen LogP contribution in [-0.4, -0.2) is 127 Å². The molecule has 0 radical (unpaired) electrons. The largest absolute Gasteiger partial charge is 0.462 e. The highest BCUT2D eigenvalue weighted by Gasteiger charge is 2.43. The standard InChI is InChI=1S/C35H39ClF3N9O2/c1-40-17-26-18-46(14-15-48(26)31(49)10-5-12-44-22-47(39)23-44)33-27-11-13-45(30-9-4-7-24-6-3-8-28(36)32(24)30)19-29(27)41-34(42-33)50-20-25-16-35(37,38)21-43(25)2/h3-10,25-26H,11-23H2,2H3/b10-5+/t25-,26-/m0/s1. The number of nitrogens with zero attached hydrogens (tertiary/aromatic N) is 9. The molecule has 4 aliphatic heterocycles. The van der Waals surface area contributed by atoms with Gasteiger partial charge >= 0.3 is 6.01 Å². The van der Waals surface area contributed by atoms with E-state index in [0.717, 1.165) is 27.7 Å². The van der Waals surface area contributed by atoms with E-state index in [9.17, 15) is 18.1 Å². The minimum Gasteiger partial charge on any atom is -0.462 e. The molecule has 0 bridgehead atoms. The first-order chi connectivity index (χ1) is 24.1. The highest BCUT2D eigenvalue weighted by molar-refractivity contribution is 6.36. The second kappa shape index (κ2) is 14.2.